The first kappa shape index (κ1) is 16.2. The van der Waals surface area contributed by atoms with Crippen molar-refractivity contribution in [2.45, 2.75) is 59.5 Å². The highest BCUT2D eigenvalue weighted by Gasteiger charge is 2.20. The second-order valence-corrected chi connectivity index (χ2v) is 6.88. The van der Waals surface area contributed by atoms with Crippen molar-refractivity contribution in [2.24, 2.45) is 0 Å². The number of rotatable bonds is 7. The van der Waals surface area contributed by atoms with Gasteiger partial charge in [0.05, 0.1) is 17.9 Å². The molecule has 0 aromatic carbocycles. The molecule has 1 unspecified atom stereocenters. The molecule has 1 N–H and O–H groups in total. The lowest BCUT2D eigenvalue weighted by molar-refractivity contribution is 0.530. The Kier molecular flexibility index (Phi) is 5.53. The Morgan fingerprint density at radius 1 is 1.33 bits per heavy atom. The molecule has 2 heterocycles. The molecular formula is C16H26N4S. The largest absolute Gasteiger partial charge is 0.304 e. The molecule has 1 atom stereocenters. The normalized spacial score (nSPS) is 13.0. The van der Waals surface area contributed by atoms with Gasteiger partial charge in [-0.1, -0.05) is 13.8 Å². The molecule has 116 valence electrons. The van der Waals surface area contributed by atoms with Crippen LogP contribution < -0.4 is 5.32 Å². The molecule has 0 spiro atoms. The highest BCUT2D eigenvalue weighted by Crippen LogP contribution is 2.28. The van der Waals surface area contributed by atoms with E-state index in [4.69, 9.17) is 4.98 Å². The van der Waals surface area contributed by atoms with Crippen molar-refractivity contribution in [3.63, 3.8) is 0 Å². The maximum absolute atomic E-state index is 4.83. The van der Waals surface area contributed by atoms with Crippen LogP contribution in [0.5, 0.6) is 0 Å². The number of aromatic nitrogens is 3. The van der Waals surface area contributed by atoms with Gasteiger partial charge in [0.15, 0.2) is 0 Å². The van der Waals surface area contributed by atoms with Crippen molar-refractivity contribution < 1.29 is 0 Å². The molecule has 2 rings (SSSR count). The number of thiazole rings is 1. The van der Waals surface area contributed by atoms with Crippen LogP contribution in [0.15, 0.2) is 12.4 Å². The van der Waals surface area contributed by atoms with Gasteiger partial charge in [-0.05, 0) is 40.2 Å². The van der Waals surface area contributed by atoms with Gasteiger partial charge in [0, 0.05) is 22.7 Å². The summed E-state index contributed by atoms with van der Waals surface area (Å²) in [6, 6.07) is 0.538. The average molecular weight is 306 g/mol. The highest BCUT2D eigenvalue weighted by molar-refractivity contribution is 7.11. The molecule has 4 nitrogen and oxygen atoms in total. The summed E-state index contributed by atoms with van der Waals surface area (Å²) < 4.78 is 2.01. The van der Waals surface area contributed by atoms with Crippen LogP contribution in [0.25, 0.3) is 0 Å². The Balaban J connectivity index is 2.31. The predicted octanol–water partition coefficient (Wildman–Crippen LogP) is 3.88. The summed E-state index contributed by atoms with van der Waals surface area (Å²) in [6.07, 6.45) is 6.21. The van der Waals surface area contributed by atoms with Crippen LogP contribution >= 0.6 is 11.3 Å². The zero-order valence-electron chi connectivity index (χ0n) is 13.7. The third-order valence-electron chi connectivity index (χ3n) is 3.57. The number of hydrogen-bond donors (Lipinski definition) is 1. The molecule has 0 bridgehead atoms. The van der Waals surface area contributed by atoms with Gasteiger partial charge in [-0.2, -0.15) is 5.10 Å². The molecule has 0 radical (unpaired) electrons. The van der Waals surface area contributed by atoms with Crippen LogP contribution in [0.3, 0.4) is 0 Å². The lowest BCUT2D eigenvalue weighted by Gasteiger charge is -2.14. The van der Waals surface area contributed by atoms with E-state index in [9.17, 15) is 0 Å². The van der Waals surface area contributed by atoms with E-state index in [1.165, 1.54) is 16.1 Å². The summed E-state index contributed by atoms with van der Waals surface area (Å²) in [6.45, 7) is 11.8. The van der Waals surface area contributed by atoms with Gasteiger partial charge < -0.3 is 5.32 Å². The van der Waals surface area contributed by atoms with Crippen LogP contribution in [-0.2, 0) is 6.42 Å². The molecule has 0 aliphatic heterocycles. The minimum Gasteiger partial charge on any atom is -0.304 e. The van der Waals surface area contributed by atoms with Gasteiger partial charge in [0.1, 0.15) is 5.01 Å². The van der Waals surface area contributed by atoms with E-state index in [0.717, 1.165) is 24.4 Å². The number of nitrogens with zero attached hydrogens (tertiary/aromatic N) is 3. The van der Waals surface area contributed by atoms with E-state index in [2.05, 4.69) is 51.2 Å². The van der Waals surface area contributed by atoms with E-state index in [0.29, 0.717) is 6.04 Å². The lowest BCUT2D eigenvalue weighted by Crippen LogP contribution is -2.22. The first-order chi connectivity index (χ1) is 10.1. The Morgan fingerprint density at radius 2 is 2.10 bits per heavy atom. The van der Waals surface area contributed by atoms with Gasteiger partial charge in [-0.3, -0.25) is 4.68 Å². The number of nitrogens with one attached hydrogen (secondary N) is 1. The Hall–Kier alpha value is -1.20. The minimum atomic E-state index is 0.154. The van der Waals surface area contributed by atoms with E-state index >= 15 is 0 Å². The standard InChI is InChI=1S/C16H26N4S/c1-6-8-17-15(13-9-18-20(10-13)11(3)4)16-19-14(7-2)12(5)21-16/h9-11,15,17H,6-8H2,1-5H3. The van der Waals surface area contributed by atoms with Crippen molar-refractivity contribution in [3.8, 4) is 0 Å². The van der Waals surface area contributed by atoms with Crippen molar-refractivity contribution in [1.82, 2.24) is 20.1 Å². The lowest BCUT2D eigenvalue weighted by atomic mass is 10.1. The van der Waals surface area contributed by atoms with Gasteiger partial charge in [-0.25, -0.2) is 4.98 Å². The fraction of sp³-hybridized carbons (Fsp3) is 0.625. The Bertz CT molecular complexity index is 571. The first-order valence-electron chi connectivity index (χ1n) is 7.80. The van der Waals surface area contributed by atoms with E-state index < -0.39 is 0 Å². The predicted molar refractivity (Wildman–Crippen MR) is 89.0 cm³/mol. The molecule has 2 aromatic rings. The SMILES string of the molecule is CCCNC(c1cnn(C(C)C)c1)c1nc(CC)c(C)s1. The fourth-order valence-corrected chi connectivity index (χ4v) is 3.44. The van der Waals surface area contributed by atoms with E-state index in [1.807, 2.05) is 10.9 Å². The van der Waals surface area contributed by atoms with E-state index in [1.54, 1.807) is 11.3 Å². The molecule has 0 aliphatic rings. The molecule has 5 heteroatoms. The number of aryl methyl sites for hydroxylation is 2. The molecule has 0 saturated heterocycles. The second kappa shape index (κ2) is 7.18. The molecule has 0 saturated carbocycles. The van der Waals surface area contributed by atoms with Crippen molar-refractivity contribution in [3.05, 3.63) is 33.5 Å². The minimum absolute atomic E-state index is 0.154. The van der Waals surface area contributed by atoms with Crippen molar-refractivity contribution >= 4 is 11.3 Å². The molecule has 0 amide bonds. The maximum atomic E-state index is 4.83. The Morgan fingerprint density at radius 3 is 2.62 bits per heavy atom. The molecule has 21 heavy (non-hydrogen) atoms. The van der Waals surface area contributed by atoms with Crippen molar-refractivity contribution in [1.29, 1.82) is 0 Å². The molecule has 2 aromatic heterocycles. The van der Waals surface area contributed by atoms with Crippen LogP contribution in [-0.4, -0.2) is 21.3 Å². The van der Waals surface area contributed by atoms with Crippen LogP contribution in [0.1, 0.15) is 67.3 Å². The van der Waals surface area contributed by atoms with Gasteiger partial charge in [0.2, 0.25) is 0 Å². The van der Waals surface area contributed by atoms with Crippen molar-refractivity contribution in [2.75, 3.05) is 6.54 Å². The van der Waals surface area contributed by atoms with Gasteiger partial charge >= 0.3 is 0 Å². The second-order valence-electron chi connectivity index (χ2n) is 5.64. The summed E-state index contributed by atoms with van der Waals surface area (Å²) >= 11 is 1.80. The van der Waals surface area contributed by atoms with Crippen LogP contribution in [0, 0.1) is 6.92 Å². The average Bonchev–Trinajstić information content (AvgIpc) is 3.06. The molecule has 0 fully saturated rings. The third kappa shape index (κ3) is 3.71. The third-order valence-corrected chi connectivity index (χ3v) is 4.65. The van der Waals surface area contributed by atoms with E-state index in [-0.39, 0.29) is 6.04 Å². The first-order valence-corrected chi connectivity index (χ1v) is 8.62. The fourth-order valence-electron chi connectivity index (χ4n) is 2.32. The summed E-state index contributed by atoms with van der Waals surface area (Å²) in [5.41, 5.74) is 2.42. The quantitative estimate of drug-likeness (QED) is 0.844. The van der Waals surface area contributed by atoms with Crippen LogP contribution in [0.2, 0.25) is 0 Å². The summed E-state index contributed by atoms with van der Waals surface area (Å²) in [4.78, 5) is 6.16. The zero-order valence-corrected chi connectivity index (χ0v) is 14.5. The smallest absolute Gasteiger partial charge is 0.115 e. The summed E-state index contributed by atoms with van der Waals surface area (Å²) in [5.74, 6) is 0. The topological polar surface area (TPSA) is 42.7 Å². The molecular weight excluding hydrogens is 280 g/mol. The van der Waals surface area contributed by atoms with Crippen LogP contribution in [0.4, 0.5) is 0 Å². The molecule has 0 aliphatic carbocycles. The Labute approximate surface area is 131 Å². The zero-order chi connectivity index (χ0) is 15.4. The number of hydrogen-bond acceptors (Lipinski definition) is 4. The summed E-state index contributed by atoms with van der Waals surface area (Å²) in [5, 5.41) is 9.24. The highest BCUT2D eigenvalue weighted by atomic mass is 32.1. The van der Waals surface area contributed by atoms with Gasteiger partial charge in [0.25, 0.3) is 0 Å². The maximum Gasteiger partial charge on any atom is 0.115 e. The monoisotopic (exact) mass is 306 g/mol. The summed E-state index contributed by atoms with van der Waals surface area (Å²) in [7, 11) is 0. The van der Waals surface area contributed by atoms with Gasteiger partial charge in [-0.15, -0.1) is 11.3 Å².